The van der Waals surface area contributed by atoms with Crippen LogP contribution in [0.4, 0.5) is 0 Å². The van der Waals surface area contributed by atoms with Crippen LogP contribution in [-0.4, -0.2) is 23.3 Å². The van der Waals surface area contributed by atoms with Crippen LogP contribution in [0, 0.1) is 3.57 Å². The lowest BCUT2D eigenvalue weighted by atomic mass is 9.77. The van der Waals surface area contributed by atoms with Crippen LogP contribution in [0.15, 0.2) is 48.8 Å². The third-order valence-electron chi connectivity index (χ3n) is 4.24. The summed E-state index contributed by atoms with van der Waals surface area (Å²) in [5.41, 5.74) is 3.30. The molecule has 1 aromatic carbocycles. The molecular weight excluding hydrogens is 387 g/mol. The Morgan fingerprint density at radius 1 is 1.23 bits per heavy atom. The topological polar surface area (TPSA) is 27.1 Å². The second kappa shape index (κ2) is 6.01. The number of hydrogen-bond acceptors (Lipinski definition) is 2. The predicted molar refractivity (Wildman–Crippen MR) is 98.2 cm³/mol. The quantitative estimate of drug-likeness (QED) is 0.610. The summed E-state index contributed by atoms with van der Waals surface area (Å²) in [5, 5.41) is 1.18. The Morgan fingerprint density at radius 3 is 2.64 bits per heavy atom. The molecule has 2 aromatic heterocycles. The van der Waals surface area contributed by atoms with Crippen molar-refractivity contribution in [2.75, 3.05) is 13.7 Å². The molecule has 4 heteroatoms. The maximum absolute atomic E-state index is 5.57. The van der Waals surface area contributed by atoms with Crippen LogP contribution >= 0.6 is 22.6 Å². The van der Waals surface area contributed by atoms with Gasteiger partial charge in [0.05, 0.1) is 6.61 Å². The summed E-state index contributed by atoms with van der Waals surface area (Å²) in [7, 11) is 3.80. The van der Waals surface area contributed by atoms with Crippen LogP contribution < -0.4 is 0 Å². The van der Waals surface area contributed by atoms with E-state index in [1.807, 2.05) is 19.3 Å². The average Bonchev–Trinajstić information content (AvgIpc) is 2.86. The van der Waals surface area contributed by atoms with E-state index in [0.29, 0.717) is 6.61 Å². The van der Waals surface area contributed by atoms with E-state index in [4.69, 9.17) is 4.74 Å². The van der Waals surface area contributed by atoms with E-state index in [2.05, 4.69) is 75.6 Å². The summed E-state index contributed by atoms with van der Waals surface area (Å²) in [6, 6.07) is 12.8. The number of methoxy groups -OCH3 is 1. The molecule has 0 aliphatic heterocycles. The van der Waals surface area contributed by atoms with Crippen molar-refractivity contribution in [2.45, 2.75) is 12.3 Å². The normalized spacial score (nSPS) is 14.2. The van der Waals surface area contributed by atoms with Crippen molar-refractivity contribution in [3.8, 4) is 0 Å². The van der Waals surface area contributed by atoms with E-state index >= 15 is 0 Å². The summed E-state index contributed by atoms with van der Waals surface area (Å²) in [6.45, 7) is 2.86. The first-order chi connectivity index (χ1) is 10.6. The zero-order valence-corrected chi connectivity index (χ0v) is 15.2. The van der Waals surface area contributed by atoms with Crippen molar-refractivity contribution < 1.29 is 4.74 Å². The first-order valence-corrected chi connectivity index (χ1v) is 8.29. The minimum atomic E-state index is -0.207. The van der Waals surface area contributed by atoms with Gasteiger partial charge >= 0.3 is 0 Å². The van der Waals surface area contributed by atoms with Crippen LogP contribution in [0.1, 0.15) is 18.1 Å². The van der Waals surface area contributed by atoms with Gasteiger partial charge in [0.2, 0.25) is 0 Å². The second-order valence-electron chi connectivity index (χ2n) is 5.80. The molecule has 0 radical (unpaired) electrons. The SMILES string of the molecule is COCC(C)(c1ccc(I)cc1)c1cn(C)c2ncccc12. The zero-order valence-electron chi connectivity index (χ0n) is 13.0. The number of pyridine rings is 1. The lowest BCUT2D eigenvalue weighted by Gasteiger charge is -2.29. The van der Waals surface area contributed by atoms with Gasteiger partial charge in [-0.15, -0.1) is 0 Å². The molecule has 2 heterocycles. The summed E-state index contributed by atoms with van der Waals surface area (Å²) < 4.78 is 8.90. The summed E-state index contributed by atoms with van der Waals surface area (Å²) >= 11 is 2.33. The number of aromatic nitrogens is 2. The molecule has 0 fully saturated rings. The number of benzene rings is 1. The number of hydrogen-bond donors (Lipinski definition) is 0. The Kier molecular flexibility index (Phi) is 4.23. The van der Waals surface area contributed by atoms with Crippen LogP contribution in [0.5, 0.6) is 0 Å². The van der Waals surface area contributed by atoms with Gasteiger partial charge in [0.1, 0.15) is 5.65 Å². The number of rotatable bonds is 4. The maximum Gasteiger partial charge on any atom is 0.139 e. The molecular formula is C18H19IN2O. The maximum atomic E-state index is 5.57. The summed E-state index contributed by atoms with van der Waals surface area (Å²) in [6.07, 6.45) is 4.01. The van der Waals surface area contributed by atoms with Crippen molar-refractivity contribution in [3.63, 3.8) is 0 Å². The molecule has 0 saturated heterocycles. The number of fused-ring (bicyclic) bond motifs is 1. The molecule has 3 aromatic rings. The van der Waals surface area contributed by atoms with Crippen LogP contribution in [0.2, 0.25) is 0 Å². The van der Waals surface area contributed by atoms with Crippen LogP contribution in [0.25, 0.3) is 11.0 Å². The standard InChI is InChI=1S/C18H19IN2O/c1-18(12-22-3,13-6-8-14(19)9-7-13)16-11-21(2)17-15(16)5-4-10-20-17/h4-11H,12H2,1-3H3. The minimum Gasteiger partial charge on any atom is -0.383 e. The highest BCUT2D eigenvalue weighted by Crippen LogP contribution is 2.37. The van der Waals surface area contributed by atoms with Gasteiger partial charge in [-0.3, -0.25) is 0 Å². The van der Waals surface area contributed by atoms with Crippen molar-refractivity contribution in [1.82, 2.24) is 9.55 Å². The second-order valence-corrected chi connectivity index (χ2v) is 7.05. The molecule has 0 amide bonds. The Morgan fingerprint density at radius 2 is 1.95 bits per heavy atom. The monoisotopic (exact) mass is 406 g/mol. The molecule has 0 N–H and O–H groups in total. The smallest absolute Gasteiger partial charge is 0.139 e. The molecule has 0 bridgehead atoms. The molecule has 3 nitrogen and oxygen atoms in total. The average molecular weight is 406 g/mol. The molecule has 22 heavy (non-hydrogen) atoms. The van der Waals surface area contributed by atoms with Crippen LogP contribution in [0.3, 0.4) is 0 Å². The summed E-state index contributed by atoms with van der Waals surface area (Å²) in [5.74, 6) is 0. The number of halogens is 1. The third kappa shape index (κ3) is 2.54. The van der Waals surface area contributed by atoms with E-state index in [-0.39, 0.29) is 5.41 Å². The fourth-order valence-electron chi connectivity index (χ4n) is 3.08. The molecule has 0 spiro atoms. The van der Waals surface area contributed by atoms with E-state index in [1.165, 1.54) is 20.1 Å². The third-order valence-corrected chi connectivity index (χ3v) is 4.96. The molecule has 3 rings (SSSR count). The first-order valence-electron chi connectivity index (χ1n) is 7.22. The lowest BCUT2D eigenvalue weighted by molar-refractivity contribution is 0.156. The highest BCUT2D eigenvalue weighted by atomic mass is 127. The van der Waals surface area contributed by atoms with E-state index in [0.717, 1.165) is 5.65 Å². The Labute approximate surface area is 144 Å². The summed E-state index contributed by atoms with van der Waals surface area (Å²) in [4.78, 5) is 4.50. The first kappa shape index (κ1) is 15.5. The van der Waals surface area contributed by atoms with Gasteiger partial charge in [-0.25, -0.2) is 4.98 Å². The Hall–Kier alpha value is -1.40. The number of ether oxygens (including phenoxy) is 1. The largest absolute Gasteiger partial charge is 0.383 e. The van der Waals surface area contributed by atoms with Gasteiger partial charge in [-0.2, -0.15) is 0 Å². The minimum absolute atomic E-state index is 0.207. The lowest BCUT2D eigenvalue weighted by Crippen LogP contribution is -2.29. The molecule has 1 unspecified atom stereocenters. The number of aryl methyl sites for hydroxylation is 1. The van der Waals surface area contributed by atoms with Crippen molar-refractivity contribution in [3.05, 3.63) is 63.5 Å². The van der Waals surface area contributed by atoms with Gasteiger partial charge in [0.15, 0.2) is 0 Å². The highest BCUT2D eigenvalue weighted by molar-refractivity contribution is 14.1. The van der Waals surface area contributed by atoms with E-state index < -0.39 is 0 Å². The molecule has 0 aliphatic carbocycles. The molecule has 0 saturated carbocycles. The van der Waals surface area contributed by atoms with Gasteiger partial charge < -0.3 is 9.30 Å². The van der Waals surface area contributed by atoms with Gasteiger partial charge in [-0.05, 0) is 64.9 Å². The highest BCUT2D eigenvalue weighted by Gasteiger charge is 2.32. The molecule has 114 valence electrons. The van der Waals surface area contributed by atoms with Crippen LogP contribution in [-0.2, 0) is 17.2 Å². The van der Waals surface area contributed by atoms with Gasteiger partial charge in [0, 0.05) is 40.9 Å². The fourth-order valence-corrected chi connectivity index (χ4v) is 3.43. The van der Waals surface area contributed by atoms with E-state index in [1.54, 1.807) is 7.11 Å². The molecule has 0 aliphatic rings. The van der Waals surface area contributed by atoms with Crippen molar-refractivity contribution >= 4 is 33.6 Å². The van der Waals surface area contributed by atoms with Crippen molar-refractivity contribution in [2.24, 2.45) is 7.05 Å². The Bertz CT molecular complexity index is 794. The van der Waals surface area contributed by atoms with Crippen molar-refractivity contribution in [1.29, 1.82) is 0 Å². The zero-order chi connectivity index (χ0) is 15.7. The predicted octanol–water partition coefficient (Wildman–Crippen LogP) is 4.13. The van der Waals surface area contributed by atoms with Gasteiger partial charge in [-0.1, -0.05) is 12.1 Å². The fraction of sp³-hybridized carbons (Fsp3) is 0.278. The number of nitrogens with zero attached hydrogens (tertiary/aromatic N) is 2. The van der Waals surface area contributed by atoms with E-state index in [9.17, 15) is 0 Å². The Balaban J connectivity index is 2.23. The molecule has 1 atom stereocenters. The van der Waals surface area contributed by atoms with Gasteiger partial charge in [0.25, 0.3) is 0 Å².